The van der Waals surface area contributed by atoms with Crippen LogP contribution in [-0.4, -0.2) is 149 Å². The summed E-state index contributed by atoms with van der Waals surface area (Å²) in [5.41, 5.74) is 1.15. The van der Waals surface area contributed by atoms with Crippen LogP contribution in [0.2, 0.25) is 0 Å². The maximum absolute atomic E-state index is 15.3. The Morgan fingerprint density at radius 3 is 2.64 bits per heavy atom. The number of aromatic hydroxyl groups is 1. The monoisotopic (exact) mass is 980 g/mol. The Bertz CT molecular complexity index is 2720. The zero-order chi connectivity index (χ0) is 47.5. The van der Waals surface area contributed by atoms with Crippen molar-refractivity contribution in [2.45, 2.75) is 86.7 Å². The summed E-state index contributed by atoms with van der Waals surface area (Å²) < 4.78 is 35.5. The minimum Gasteiger partial charge on any atom is -0.508 e. The van der Waals surface area contributed by atoms with Crippen LogP contribution in [-0.2, 0) is 62.7 Å². The zero-order valence-corrected chi connectivity index (χ0v) is 40.3. The van der Waals surface area contributed by atoms with Gasteiger partial charge in [-0.25, -0.2) is 4.79 Å². The molecule has 6 N–H and O–H groups in total. The molecule has 66 heavy (non-hydrogen) atoms. The summed E-state index contributed by atoms with van der Waals surface area (Å²) in [6.45, 7) is 4.45. The molecule has 352 valence electrons. The van der Waals surface area contributed by atoms with Gasteiger partial charge in [-0.05, 0) is 90.3 Å². The fourth-order valence-electron chi connectivity index (χ4n) is 8.87. The summed E-state index contributed by atoms with van der Waals surface area (Å²) in [5.74, 6) is 9.74. The van der Waals surface area contributed by atoms with Gasteiger partial charge in [0.2, 0.25) is 5.78 Å². The maximum atomic E-state index is 15.3. The first-order valence-corrected chi connectivity index (χ1v) is 26.4. The van der Waals surface area contributed by atoms with E-state index in [-0.39, 0.29) is 59.2 Å². The van der Waals surface area contributed by atoms with E-state index < -0.39 is 85.0 Å². The Kier molecular flexibility index (Phi) is 15.8. The number of aliphatic hydroxyl groups is 2. The minimum atomic E-state index is -2.04. The number of thioether (sulfide) groups is 1. The van der Waals surface area contributed by atoms with Gasteiger partial charge in [-0.15, -0.1) is 11.8 Å². The fraction of sp³-hybridized carbons (Fsp3) is 0.478. The van der Waals surface area contributed by atoms with Crippen LogP contribution in [0.5, 0.6) is 5.75 Å². The van der Waals surface area contributed by atoms with Gasteiger partial charge in [0.25, 0.3) is 0 Å². The number of pyridine rings is 1. The topological polar surface area (TPSA) is 220 Å². The molecule has 4 heterocycles. The summed E-state index contributed by atoms with van der Waals surface area (Å²) >= 11 is 12.3. The number of ether oxygens (including phenoxy) is 6. The molecule has 2 aromatic heterocycles. The molecule has 9 unspecified atom stereocenters. The number of phenols is 1. The number of methoxy groups -OCH3 is 2. The summed E-state index contributed by atoms with van der Waals surface area (Å²) in [6, 6.07) is 6.38. The molecule has 2 fully saturated rings. The van der Waals surface area contributed by atoms with Crippen LogP contribution < -0.4 is 10.6 Å². The van der Waals surface area contributed by atoms with Crippen molar-refractivity contribution >= 4 is 80.8 Å². The molecule has 7 rings (SSSR count). The number of carbonyl (C=O) groups excluding carboxylic acids is 3. The Morgan fingerprint density at radius 1 is 1.15 bits per heavy atom. The number of hydrogen-bond acceptors (Lipinski definition) is 17. The standard InChI is InChI=1S/C46H52N4O12S4/c1-7-47-31-23-59-36(22-35(31)57-3)62-41-43(55)46(65-5,42(54)40-39-26(16-18-48-40)29-20-25(51)14-15-30(29)49-39)24(2)60-44(41)61-34-13-11-9-8-10-12-28-37(34)27(17-19-66(6,63)64)32(52)21-33(53)38(28)50-45(56)58-4/h8-9,14-18,20,24,31-32,34-37,41,43-44,47,49,51-52,55H,7,19,21-23H2,1-6H3,(H,50,56)/b9-8-,27-17-/t24?,31?,32-,34-,35?,36?,37?,41?,43?,44?,46?/m0/s1. The van der Waals surface area contributed by atoms with E-state index in [0.717, 1.165) is 18.9 Å². The molecule has 1 aromatic carbocycles. The molecular weight excluding hydrogens is 929 g/mol. The molecule has 2 aliphatic heterocycles. The number of ketones is 2. The fourth-order valence-corrected chi connectivity index (χ4v) is 10.8. The molecule has 16 nitrogen and oxygen atoms in total. The van der Waals surface area contributed by atoms with Crippen LogP contribution in [0.15, 0.2) is 65.5 Å². The van der Waals surface area contributed by atoms with E-state index >= 15 is 4.79 Å². The van der Waals surface area contributed by atoms with Crippen molar-refractivity contribution in [1.29, 1.82) is 0 Å². The molecule has 2 aliphatic carbocycles. The highest BCUT2D eigenvalue weighted by Gasteiger charge is 2.61. The lowest BCUT2D eigenvalue weighted by atomic mass is 9.82. The Labute approximate surface area is 396 Å². The summed E-state index contributed by atoms with van der Waals surface area (Å²) in [7, 11) is 0.692. The lowest BCUT2D eigenvalue weighted by Gasteiger charge is -2.51. The number of amides is 1. The highest BCUT2D eigenvalue weighted by molar-refractivity contribution is 8.56. The molecule has 4 aliphatic rings. The molecule has 0 saturated carbocycles. The molecule has 20 heteroatoms. The van der Waals surface area contributed by atoms with Crippen LogP contribution in [0.1, 0.15) is 37.2 Å². The second-order valence-electron chi connectivity index (χ2n) is 16.2. The molecule has 0 radical (unpaired) electrons. The highest BCUT2D eigenvalue weighted by atomic mass is 33.1. The minimum absolute atomic E-state index is 0.0180. The third kappa shape index (κ3) is 10.1. The predicted molar refractivity (Wildman–Crippen MR) is 256 cm³/mol. The van der Waals surface area contributed by atoms with E-state index in [1.54, 1.807) is 50.8 Å². The van der Waals surface area contributed by atoms with Gasteiger partial charge in [0, 0.05) is 53.8 Å². The number of aromatic amines is 1. The number of aromatic nitrogens is 2. The van der Waals surface area contributed by atoms with Crippen molar-refractivity contribution in [3.8, 4) is 29.4 Å². The first kappa shape index (κ1) is 49.6. The molecular formula is C46H52N4O12S4. The number of H-pyrrole nitrogens is 1. The molecule has 0 spiro atoms. The number of fused-ring (bicyclic) bond motifs is 4. The van der Waals surface area contributed by atoms with Gasteiger partial charge >= 0.3 is 6.09 Å². The lowest BCUT2D eigenvalue weighted by molar-refractivity contribution is -0.326. The average molecular weight is 981 g/mol. The number of likely N-dealkylation sites (N-methyl/N-ethyl adjacent to an activating group) is 1. The van der Waals surface area contributed by atoms with E-state index in [2.05, 4.69) is 44.3 Å². The zero-order valence-electron chi connectivity index (χ0n) is 37.0. The van der Waals surface area contributed by atoms with Gasteiger partial charge in [-0.3, -0.25) is 19.9 Å². The number of aliphatic hydroxyl groups excluding tert-OH is 2. The summed E-state index contributed by atoms with van der Waals surface area (Å²) in [4.78, 5) is 49.8. The number of carbonyl (C=O) groups is 3. The summed E-state index contributed by atoms with van der Waals surface area (Å²) in [5, 5.41) is 42.2. The predicted octanol–water partition coefficient (Wildman–Crippen LogP) is 3.09. The average Bonchev–Trinajstić information content (AvgIpc) is 3.66. The maximum Gasteiger partial charge on any atom is 0.411 e. The van der Waals surface area contributed by atoms with E-state index in [4.69, 9.17) is 50.8 Å². The van der Waals surface area contributed by atoms with Crippen LogP contribution in [0.3, 0.4) is 0 Å². The third-order valence-electron chi connectivity index (χ3n) is 12.1. The lowest BCUT2D eigenvalue weighted by Crippen LogP contribution is -2.69. The van der Waals surface area contributed by atoms with Gasteiger partial charge in [0.05, 0.1) is 55.2 Å². The first-order chi connectivity index (χ1) is 31.5. The van der Waals surface area contributed by atoms with E-state index in [9.17, 15) is 24.9 Å². The van der Waals surface area contributed by atoms with E-state index in [1.807, 2.05) is 6.92 Å². The molecule has 3 aromatic rings. The Hall–Kier alpha value is -4.26. The Morgan fingerprint density at radius 2 is 1.92 bits per heavy atom. The summed E-state index contributed by atoms with van der Waals surface area (Å²) in [6.07, 6.45) is -1.58. The number of nitrogens with zero attached hydrogens (tertiary/aromatic N) is 1. The highest BCUT2D eigenvalue weighted by Crippen LogP contribution is 2.46. The van der Waals surface area contributed by atoms with Crippen molar-refractivity contribution in [1.82, 2.24) is 20.6 Å². The quantitative estimate of drug-likeness (QED) is 0.0824. The number of alkyl carbamates (subject to hydrolysis) is 1. The van der Waals surface area contributed by atoms with Crippen LogP contribution in [0.4, 0.5) is 4.79 Å². The van der Waals surface area contributed by atoms with Crippen molar-refractivity contribution in [2.75, 3.05) is 45.6 Å². The Balaban J connectivity index is 1.36. The van der Waals surface area contributed by atoms with Crippen molar-refractivity contribution < 1.29 is 58.1 Å². The molecule has 2 saturated heterocycles. The molecule has 11 atom stereocenters. The number of Topliss-reactive ketones (excluding diaryl/α,β-unsaturated/α-hetero) is 2. The van der Waals surface area contributed by atoms with Gasteiger partial charge in [0.15, 0.2) is 18.4 Å². The number of hydrogen-bond donors (Lipinski definition) is 6. The third-order valence-corrected chi connectivity index (χ3v) is 15.1. The number of allylic oxidation sites excluding steroid dienone is 3. The van der Waals surface area contributed by atoms with Crippen molar-refractivity contribution in [3.63, 3.8) is 0 Å². The molecule has 0 bridgehead atoms. The van der Waals surface area contributed by atoms with Crippen molar-refractivity contribution in [3.05, 3.63) is 71.2 Å². The van der Waals surface area contributed by atoms with Gasteiger partial charge in [-0.2, -0.15) is 0 Å². The van der Waals surface area contributed by atoms with Gasteiger partial charge in [-0.1, -0.05) is 43.8 Å². The number of nitrogens with one attached hydrogen (secondary N) is 3. The SMILES string of the molecule is CCNC1COC(OC2C(O[C@H]3C#C/C=C\C#CC4=C(NC(=O)OC)C(=O)C[C@H](O)/C(=C/CS(C)(=S)=S)C43)OC(C)C(SC)(C(=O)c3nccc4c3[nH]c3ccc(O)cc34)C2O)CC1OC. The van der Waals surface area contributed by atoms with Gasteiger partial charge in [0.1, 0.15) is 34.5 Å². The first-order valence-electron chi connectivity index (χ1n) is 21.1. The van der Waals surface area contributed by atoms with Crippen LogP contribution >= 0.6 is 11.8 Å². The van der Waals surface area contributed by atoms with E-state index in [0.29, 0.717) is 28.4 Å². The number of phenolic OH excluding ortho intramolecular Hbond substituents is 1. The number of benzene rings is 1. The normalized spacial score (nSPS) is 31.3. The second-order valence-corrected chi connectivity index (χ2v) is 24.5. The van der Waals surface area contributed by atoms with Crippen LogP contribution in [0.25, 0.3) is 21.8 Å². The van der Waals surface area contributed by atoms with Crippen molar-refractivity contribution in [2.24, 2.45) is 5.92 Å². The van der Waals surface area contributed by atoms with E-state index in [1.165, 1.54) is 24.4 Å². The number of rotatable bonds is 13. The van der Waals surface area contributed by atoms with Gasteiger partial charge < -0.3 is 54.0 Å². The molecule has 1 amide bonds. The van der Waals surface area contributed by atoms with Crippen LogP contribution in [0, 0.1) is 29.6 Å². The second kappa shape index (κ2) is 20.9. The smallest absolute Gasteiger partial charge is 0.411 e. The largest absolute Gasteiger partial charge is 0.508 e.